The molecule has 1 unspecified atom stereocenters. The van der Waals surface area contributed by atoms with Gasteiger partial charge in [-0.15, -0.1) is 0 Å². The number of carbonyl (C=O) groups excluding carboxylic acids is 2. The SMILES string of the molecule is CC.CC.CCC1(CC)CC(=O)N(C[C@@H]2C(C(=O)N[C@H]3C[C@@H](C(F)(F)F)Oc4ccccc43)C2(F)F)C(N)=N1. The fourth-order valence-corrected chi connectivity index (χ4v) is 4.89. The van der Waals surface area contributed by atoms with Crippen molar-refractivity contribution >= 4 is 17.8 Å². The predicted molar refractivity (Wildman–Crippen MR) is 138 cm³/mol. The minimum absolute atomic E-state index is 0.0214. The van der Waals surface area contributed by atoms with Gasteiger partial charge in [-0.2, -0.15) is 13.2 Å². The summed E-state index contributed by atoms with van der Waals surface area (Å²) in [5.41, 5.74) is 5.53. The monoisotopic (exact) mass is 562 g/mol. The standard InChI is InChI=1S/C23H27F5N4O3.2C2H6/c1-3-21(4-2)10-17(33)32(20(29)31-21)11-13-18(22(13,24)25)19(34)30-14-9-16(23(26,27)28)35-15-8-6-5-7-12(14)15;2*1-2/h5-8,13-14,16,18H,3-4,9-11H2,1-2H3,(H2,29,31)(H,30,34);2*1-2H3/t13-,14+,16+,18?;;/m1../s1. The van der Waals surface area contributed by atoms with Crippen molar-refractivity contribution < 1.29 is 36.3 Å². The maximum Gasteiger partial charge on any atom is 0.425 e. The first-order valence-electron chi connectivity index (χ1n) is 13.5. The number of guanidine groups is 1. The molecule has 2 heterocycles. The second-order valence-electron chi connectivity index (χ2n) is 9.32. The molecule has 220 valence electrons. The number of nitrogens with zero attached hydrogens (tertiary/aromatic N) is 2. The van der Waals surface area contributed by atoms with E-state index in [9.17, 15) is 31.5 Å². The number of fused-ring (bicyclic) bond motifs is 1. The molecule has 0 radical (unpaired) electrons. The first-order chi connectivity index (χ1) is 18.3. The zero-order valence-corrected chi connectivity index (χ0v) is 23.2. The Balaban J connectivity index is 0.00000127. The molecule has 1 aliphatic carbocycles. The largest absolute Gasteiger partial charge is 0.480 e. The van der Waals surface area contributed by atoms with Crippen molar-refractivity contribution in [2.24, 2.45) is 22.6 Å². The van der Waals surface area contributed by atoms with Crippen LogP contribution in [0.1, 0.15) is 78.8 Å². The van der Waals surface area contributed by atoms with Crippen LogP contribution in [0.3, 0.4) is 0 Å². The number of nitrogens with two attached hydrogens (primary N) is 1. The number of para-hydroxylation sites is 1. The zero-order chi connectivity index (χ0) is 29.8. The Kier molecular flexibility index (Phi) is 10.4. The van der Waals surface area contributed by atoms with Gasteiger partial charge in [0.15, 0.2) is 12.1 Å². The molecule has 1 aromatic carbocycles. The van der Waals surface area contributed by atoms with Gasteiger partial charge in [-0.3, -0.25) is 14.5 Å². The van der Waals surface area contributed by atoms with Crippen LogP contribution in [-0.4, -0.2) is 53.0 Å². The number of hydrogen-bond acceptors (Lipinski definition) is 5. The summed E-state index contributed by atoms with van der Waals surface area (Å²) in [7, 11) is 0. The highest BCUT2D eigenvalue weighted by molar-refractivity contribution is 5.99. The molecule has 4 rings (SSSR count). The van der Waals surface area contributed by atoms with Crippen LogP contribution in [0.4, 0.5) is 22.0 Å². The average molecular weight is 563 g/mol. The second kappa shape index (κ2) is 12.5. The number of benzene rings is 1. The summed E-state index contributed by atoms with van der Waals surface area (Å²) in [5, 5.41) is 2.35. The van der Waals surface area contributed by atoms with E-state index in [1.807, 2.05) is 41.5 Å². The van der Waals surface area contributed by atoms with E-state index in [0.717, 1.165) is 4.90 Å². The number of nitrogens with one attached hydrogen (secondary N) is 1. The van der Waals surface area contributed by atoms with Crippen molar-refractivity contribution in [1.82, 2.24) is 10.2 Å². The number of hydrogen-bond donors (Lipinski definition) is 2. The van der Waals surface area contributed by atoms with E-state index in [1.165, 1.54) is 18.2 Å². The van der Waals surface area contributed by atoms with E-state index in [-0.39, 0.29) is 23.7 Å². The lowest BCUT2D eigenvalue weighted by molar-refractivity contribution is -0.201. The van der Waals surface area contributed by atoms with Crippen LogP contribution in [0.5, 0.6) is 5.75 Å². The Bertz CT molecular complexity index is 1040. The van der Waals surface area contributed by atoms with Gasteiger partial charge in [0.1, 0.15) is 11.7 Å². The van der Waals surface area contributed by atoms with Crippen molar-refractivity contribution in [1.29, 1.82) is 0 Å². The number of rotatable bonds is 6. The topological polar surface area (TPSA) is 97.0 Å². The molecule has 1 aromatic rings. The van der Waals surface area contributed by atoms with Gasteiger partial charge in [0.05, 0.1) is 23.9 Å². The highest BCUT2D eigenvalue weighted by Crippen LogP contribution is 2.56. The molecule has 12 heteroatoms. The Morgan fingerprint density at radius 3 is 2.28 bits per heavy atom. The van der Waals surface area contributed by atoms with Crippen molar-refractivity contribution in [3.05, 3.63) is 29.8 Å². The summed E-state index contributed by atoms with van der Waals surface area (Å²) in [4.78, 5) is 30.8. The Hall–Kier alpha value is -2.92. The van der Waals surface area contributed by atoms with Crippen molar-refractivity contribution in [2.45, 2.75) is 97.0 Å². The average Bonchev–Trinajstić information content (AvgIpc) is 3.47. The van der Waals surface area contributed by atoms with Gasteiger partial charge in [0.25, 0.3) is 5.92 Å². The van der Waals surface area contributed by atoms with Crippen LogP contribution in [0.2, 0.25) is 0 Å². The van der Waals surface area contributed by atoms with Crippen LogP contribution < -0.4 is 15.8 Å². The molecule has 0 saturated heterocycles. The molecule has 0 spiro atoms. The van der Waals surface area contributed by atoms with Gasteiger partial charge in [-0.05, 0) is 18.9 Å². The van der Waals surface area contributed by atoms with E-state index in [2.05, 4.69) is 10.3 Å². The molecule has 3 aliphatic rings. The molecule has 0 bridgehead atoms. The number of alkyl halides is 5. The third-order valence-electron chi connectivity index (χ3n) is 7.28. The first kappa shape index (κ1) is 32.3. The quantitative estimate of drug-likeness (QED) is 0.442. The van der Waals surface area contributed by atoms with E-state index in [1.54, 1.807) is 6.07 Å². The summed E-state index contributed by atoms with van der Waals surface area (Å²) in [6, 6.07) is 4.69. The highest BCUT2D eigenvalue weighted by atomic mass is 19.4. The molecule has 7 nitrogen and oxygen atoms in total. The molecule has 2 amide bonds. The van der Waals surface area contributed by atoms with Gasteiger partial charge < -0.3 is 15.8 Å². The predicted octanol–water partition coefficient (Wildman–Crippen LogP) is 5.60. The summed E-state index contributed by atoms with van der Waals surface area (Å²) < 4.78 is 74.3. The van der Waals surface area contributed by atoms with Gasteiger partial charge in [-0.25, -0.2) is 13.8 Å². The van der Waals surface area contributed by atoms with Crippen LogP contribution in [-0.2, 0) is 9.59 Å². The summed E-state index contributed by atoms with van der Waals surface area (Å²) in [6.45, 7) is 11.2. The summed E-state index contributed by atoms with van der Waals surface area (Å²) in [5.74, 6) is -8.53. The second-order valence-corrected chi connectivity index (χ2v) is 9.32. The van der Waals surface area contributed by atoms with Crippen molar-refractivity contribution in [2.75, 3.05) is 6.54 Å². The minimum atomic E-state index is -4.69. The molecule has 1 fully saturated rings. The molecule has 2 aliphatic heterocycles. The van der Waals surface area contributed by atoms with Crippen LogP contribution in [0.15, 0.2) is 29.3 Å². The molecule has 4 atom stereocenters. The fraction of sp³-hybridized carbons (Fsp3) is 0.667. The zero-order valence-electron chi connectivity index (χ0n) is 23.2. The van der Waals surface area contributed by atoms with Crippen LogP contribution in [0, 0.1) is 11.8 Å². The summed E-state index contributed by atoms with van der Waals surface area (Å²) >= 11 is 0. The molecular formula is C27H39F5N4O3. The first-order valence-corrected chi connectivity index (χ1v) is 13.5. The lowest BCUT2D eigenvalue weighted by Crippen LogP contribution is -2.52. The molecule has 0 aromatic heterocycles. The van der Waals surface area contributed by atoms with Gasteiger partial charge in [0.2, 0.25) is 11.8 Å². The number of ether oxygens (including phenoxy) is 1. The van der Waals surface area contributed by atoms with Crippen LogP contribution in [0.25, 0.3) is 0 Å². The van der Waals surface area contributed by atoms with Crippen molar-refractivity contribution in [3.63, 3.8) is 0 Å². The minimum Gasteiger partial charge on any atom is -0.480 e. The maximum atomic E-state index is 14.6. The number of aliphatic imine (C=N–C) groups is 1. The lowest BCUT2D eigenvalue weighted by Gasteiger charge is -2.36. The number of halogens is 5. The lowest BCUT2D eigenvalue weighted by atomic mass is 9.88. The maximum absolute atomic E-state index is 14.6. The molecule has 3 N–H and O–H groups in total. The third-order valence-corrected chi connectivity index (χ3v) is 7.28. The van der Waals surface area contributed by atoms with E-state index >= 15 is 0 Å². The van der Waals surface area contributed by atoms with Gasteiger partial charge in [-0.1, -0.05) is 59.7 Å². The van der Waals surface area contributed by atoms with E-state index in [0.29, 0.717) is 12.8 Å². The fourth-order valence-electron chi connectivity index (χ4n) is 4.89. The van der Waals surface area contributed by atoms with E-state index in [4.69, 9.17) is 10.5 Å². The smallest absolute Gasteiger partial charge is 0.425 e. The summed E-state index contributed by atoms with van der Waals surface area (Å²) in [6.07, 6.45) is -6.39. The van der Waals surface area contributed by atoms with Crippen molar-refractivity contribution in [3.8, 4) is 5.75 Å². The normalized spacial score (nSPS) is 26.4. The van der Waals surface area contributed by atoms with E-state index < -0.39 is 66.4 Å². The Labute approximate surface area is 226 Å². The number of carbonyl (C=O) groups is 2. The molecule has 39 heavy (non-hydrogen) atoms. The molecular weight excluding hydrogens is 523 g/mol. The van der Waals surface area contributed by atoms with Gasteiger partial charge >= 0.3 is 6.18 Å². The number of amides is 2. The third kappa shape index (κ3) is 6.63. The van der Waals surface area contributed by atoms with Crippen LogP contribution >= 0.6 is 0 Å². The molecule has 1 saturated carbocycles. The Morgan fingerprint density at radius 2 is 1.74 bits per heavy atom. The Morgan fingerprint density at radius 1 is 1.15 bits per heavy atom. The van der Waals surface area contributed by atoms with Gasteiger partial charge in [0, 0.05) is 18.5 Å². The highest BCUT2D eigenvalue weighted by Gasteiger charge is 2.72.